The van der Waals surface area contributed by atoms with E-state index in [9.17, 15) is 0 Å². The minimum absolute atomic E-state index is 0.666. The van der Waals surface area contributed by atoms with Crippen LogP contribution in [0.25, 0.3) is 0 Å². The van der Waals surface area contributed by atoms with Crippen molar-refractivity contribution in [2.24, 2.45) is 11.8 Å². The molecule has 0 aromatic heterocycles. The molecule has 1 aliphatic heterocycles. The van der Waals surface area contributed by atoms with E-state index in [4.69, 9.17) is 4.74 Å². The zero-order valence-corrected chi connectivity index (χ0v) is 8.87. The number of nitrogens with one attached hydrogen (secondary N) is 1. The lowest BCUT2D eigenvalue weighted by Gasteiger charge is -2.43. The van der Waals surface area contributed by atoms with Crippen molar-refractivity contribution in [3.05, 3.63) is 0 Å². The Labute approximate surface area is 86.4 Å². The molecule has 0 aromatic carbocycles. The lowest BCUT2D eigenvalue weighted by Crippen LogP contribution is -2.48. The van der Waals surface area contributed by atoms with Crippen LogP contribution in [0.15, 0.2) is 0 Å². The third-order valence-corrected chi connectivity index (χ3v) is 4.43. The van der Waals surface area contributed by atoms with Gasteiger partial charge in [-0.25, -0.2) is 0 Å². The first-order valence-corrected chi connectivity index (χ1v) is 6.25. The molecule has 1 saturated heterocycles. The predicted molar refractivity (Wildman–Crippen MR) is 56.2 cm³/mol. The molecule has 2 nitrogen and oxygen atoms in total. The molecule has 4 rings (SSSR count). The highest BCUT2D eigenvalue weighted by Gasteiger charge is 2.36. The normalized spacial score (nSPS) is 47.1. The molecule has 4 aliphatic rings. The fourth-order valence-electron chi connectivity index (χ4n) is 3.55. The summed E-state index contributed by atoms with van der Waals surface area (Å²) in [5.74, 6) is 2.03. The molecule has 2 heteroatoms. The van der Waals surface area contributed by atoms with Gasteiger partial charge in [-0.1, -0.05) is 12.8 Å². The van der Waals surface area contributed by atoms with Crippen LogP contribution in [0.1, 0.15) is 38.5 Å². The van der Waals surface area contributed by atoms with E-state index in [2.05, 4.69) is 5.32 Å². The SMILES string of the molecule is C1CC(NC2CC3CCC2CC3)CO1. The van der Waals surface area contributed by atoms with Gasteiger partial charge < -0.3 is 10.1 Å². The van der Waals surface area contributed by atoms with Crippen molar-refractivity contribution >= 4 is 0 Å². The Hall–Kier alpha value is -0.0800. The highest BCUT2D eigenvalue weighted by atomic mass is 16.5. The zero-order chi connectivity index (χ0) is 9.38. The molecule has 2 bridgehead atoms. The summed E-state index contributed by atoms with van der Waals surface area (Å²) in [7, 11) is 0. The molecule has 0 radical (unpaired) electrons. The van der Waals surface area contributed by atoms with Crippen LogP contribution in [-0.2, 0) is 4.74 Å². The molecule has 1 N–H and O–H groups in total. The Bertz CT molecular complexity index is 192. The predicted octanol–water partition coefficient (Wildman–Crippen LogP) is 1.94. The van der Waals surface area contributed by atoms with Crippen LogP contribution in [0.2, 0.25) is 0 Å². The maximum atomic E-state index is 5.42. The monoisotopic (exact) mass is 195 g/mol. The minimum atomic E-state index is 0.666. The summed E-state index contributed by atoms with van der Waals surface area (Å²) in [5.41, 5.74) is 0. The third kappa shape index (κ3) is 1.70. The van der Waals surface area contributed by atoms with E-state index in [1.807, 2.05) is 0 Å². The fourth-order valence-corrected chi connectivity index (χ4v) is 3.55. The van der Waals surface area contributed by atoms with Crippen LogP contribution in [0.5, 0.6) is 0 Å². The standard InChI is InChI=1S/C12H21NO/c1-3-10-4-2-9(1)7-12(10)13-11-5-6-14-8-11/h9-13H,1-8H2. The number of rotatable bonds is 2. The molecule has 2 unspecified atom stereocenters. The van der Waals surface area contributed by atoms with Crippen molar-refractivity contribution in [3.8, 4) is 0 Å². The molecule has 3 aliphatic carbocycles. The van der Waals surface area contributed by atoms with E-state index in [1.54, 1.807) is 0 Å². The van der Waals surface area contributed by atoms with Crippen LogP contribution < -0.4 is 5.32 Å². The molecule has 0 spiro atoms. The van der Waals surface area contributed by atoms with Crippen molar-refractivity contribution in [3.63, 3.8) is 0 Å². The van der Waals surface area contributed by atoms with E-state index >= 15 is 0 Å². The molecule has 0 amide bonds. The lowest BCUT2D eigenvalue weighted by molar-refractivity contribution is 0.111. The van der Waals surface area contributed by atoms with E-state index in [1.165, 1.54) is 38.5 Å². The second kappa shape index (κ2) is 3.82. The maximum Gasteiger partial charge on any atom is 0.0620 e. The van der Waals surface area contributed by atoms with Crippen LogP contribution in [0, 0.1) is 11.8 Å². The second-order valence-electron chi connectivity index (χ2n) is 5.35. The molecule has 80 valence electrons. The molecule has 4 fully saturated rings. The van der Waals surface area contributed by atoms with E-state index < -0.39 is 0 Å². The van der Waals surface area contributed by atoms with Gasteiger partial charge in [0, 0.05) is 18.7 Å². The van der Waals surface area contributed by atoms with Gasteiger partial charge in [0.1, 0.15) is 0 Å². The quantitative estimate of drug-likeness (QED) is 0.727. The van der Waals surface area contributed by atoms with Gasteiger partial charge in [0.25, 0.3) is 0 Å². The minimum Gasteiger partial charge on any atom is -0.380 e. The van der Waals surface area contributed by atoms with Gasteiger partial charge in [-0.2, -0.15) is 0 Å². The largest absolute Gasteiger partial charge is 0.380 e. The number of fused-ring (bicyclic) bond motifs is 3. The van der Waals surface area contributed by atoms with Crippen molar-refractivity contribution in [1.29, 1.82) is 0 Å². The molecule has 2 atom stereocenters. The Morgan fingerprint density at radius 1 is 1.00 bits per heavy atom. The summed E-state index contributed by atoms with van der Waals surface area (Å²) in [5, 5.41) is 3.82. The van der Waals surface area contributed by atoms with Gasteiger partial charge in [-0.05, 0) is 37.5 Å². The number of hydrogen-bond donors (Lipinski definition) is 1. The Morgan fingerprint density at radius 2 is 1.86 bits per heavy atom. The molecule has 1 heterocycles. The van der Waals surface area contributed by atoms with Crippen LogP contribution in [0.4, 0.5) is 0 Å². The first-order chi connectivity index (χ1) is 6.92. The van der Waals surface area contributed by atoms with E-state index in [-0.39, 0.29) is 0 Å². The number of hydrogen-bond acceptors (Lipinski definition) is 2. The second-order valence-corrected chi connectivity index (χ2v) is 5.35. The molecular weight excluding hydrogens is 174 g/mol. The van der Waals surface area contributed by atoms with Gasteiger partial charge >= 0.3 is 0 Å². The zero-order valence-electron chi connectivity index (χ0n) is 8.87. The smallest absolute Gasteiger partial charge is 0.0620 e. The summed E-state index contributed by atoms with van der Waals surface area (Å²) < 4.78 is 5.42. The highest BCUT2D eigenvalue weighted by Crippen LogP contribution is 2.41. The first-order valence-electron chi connectivity index (χ1n) is 6.25. The lowest BCUT2D eigenvalue weighted by atomic mass is 9.68. The van der Waals surface area contributed by atoms with Crippen molar-refractivity contribution in [2.75, 3.05) is 13.2 Å². The van der Waals surface area contributed by atoms with Gasteiger partial charge in [0.2, 0.25) is 0 Å². The molecular formula is C12H21NO. The van der Waals surface area contributed by atoms with Crippen LogP contribution in [-0.4, -0.2) is 25.3 Å². The summed E-state index contributed by atoms with van der Waals surface area (Å²) >= 11 is 0. The van der Waals surface area contributed by atoms with Gasteiger partial charge in [0.15, 0.2) is 0 Å². The fraction of sp³-hybridized carbons (Fsp3) is 1.00. The third-order valence-electron chi connectivity index (χ3n) is 4.43. The number of ether oxygens (including phenoxy) is 1. The first kappa shape index (κ1) is 9.17. The molecule has 0 aromatic rings. The average Bonchev–Trinajstić information content (AvgIpc) is 2.72. The van der Waals surface area contributed by atoms with Crippen LogP contribution in [0.3, 0.4) is 0 Å². The Balaban J connectivity index is 1.57. The van der Waals surface area contributed by atoms with Gasteiger partial charge in [0.05, 0.1) is 6.61 Å². The van der Waals surface area contributed by atoms with Gasteiger partial charge in [-0.15, -0.1) is 0 Å². The summed E-state index contributed by atoms with van der Waals surface area (Å²) in [4.78, 5) is 0. The Morgan fingerprint density at radius 3 is 2.43 bits per heavy atom. The highest BCUT2D eigenvalue weighted by molar-refractivity contribution is 4.92. The van der Waals surface area contributed by atoms with E-state index in [0.717, 1.165) is 31.1 Å². The van der Waals surface area contributed by atoms with Gasteiger partial charge in [-0.3, -0.25) is 0 Å². The molecule has 14 heavy (non-hydrogen) atoms. The summed E-state index contributed by atoms with van der Waals surface area (Å²) in [6, 6.07) is 1.49. The molecule has 3 saturated carbocycles. The van der Waals surface area contributed by atoms with Crippen molar-refractivity contribution in [2.45, 2.75) is 50.6 Å². The van der Waals surface area contributed by atoms with Crippen LogP contribution >= 0.6 is 0 Å². The summed E-state index contributed by atoms with van der Waals surface area (Å²) in [6.07, 6.45) is 8.65. The maximum absolute atomic E-state index is 5.42. The topological polar surface area (TPSA) is 21.3 Å². The average molecular weight is 195 g/mol. The van der Waals surface area contributed by atoms with Crippen molar-refractivity contribution < 1.29 is 4.74 Å². The Kier molecular flexibility index (Phi) is 2.50. The van der Waals surface area contributed by atoms with Crippen molar-refractivity contribution in [1.82, 2.24) is 5.32 Å². The van der Waals surface area contributed by atoms with E-state index in [0.29, 0.717) is 6.04 Å². The summed E-state index contributed by atoms with van der Waals surface area (Å²) in [6.45, 7) is 1.92.